The monoisotopic (exact) mass is 289 g/mol. The summed E-state index contributed by atoms with van der Waals surface area (Å²) in [5, 5.41) is 3.27. The molecule has 0 spiro atoms. The Labute approximate surface area is 125 Å². The highest BCUT2D eigenvalue weighted by molar-refractivity contribution is 5.79. The van der Waals surface area contributed by atoms with Crippen LogP contribution in [0.4, 0.5) is 11.6 Å². The number of aromatic nitrogens is 2. The summed E-state index contributed by atoms with van der Waals surface area (Å²) in [5.74, 6) is 3.05. The minimum absolute atomic E-state index is 0.310. The maximum Gasteiger partial charge on any atom is 0.223 e. The summed E-state index contributed by atoms with van der Waals surface area (Å²) < 4.78 is 0. The number of rotatable bonds is 4. The average Bonchev–Trinajstić information content (AvgIpc) is 2.88. The van der Waals surface area contributed by atoms with Gasteiger partial charge in [0.15, 0.2) is 0 Å². The summed E-state index contributed by atoms with van der Waals surface area (Å²) in [6.07, 6.45) is 2.50. The van der Waals surface area contributed by atoms with Gasteiger partial charge in [-0.15, -0.1) is 0 Å². The quantitative estimate of drug-likeness (QED) is 0.905. The van der Waals surface area contributed by atoms with Crippen molar-refractivity contribution in [2.24, 2.45) is 0 Å². The Hall–Kier alpha value is -1.85. The zero-order valence-corrected chi connectivity index (χ0v) is 12.8. The van der Waals surface area contributed by atoms with Gasteiger partial charge in [0.1, 0.15) is 17.5 Å². The highest BCUT2D eigenvalue weighted by Crippen LogP contribution is 2.26. The molecule has 1 aromatic rings. The molecule has 0 aromatic carbocycles. The summed E-state index contributed by atoms with van der Waals surface area (Å²) in [7, 11) is 0. The third kappa shape index (κ3) is 2.80. The number of aryl methyl sites for hydroxylation is 1. The molecule has 2 aliphatic rings. The van der Waals surface area contributed by atoms with E-state index in [2.05, 4.69) is 34.0 Å². The zero-order chi connectivity index (χ0) is 14.8. The van der Waals surface area contributed by atoms with Gasteiger partial charge in [0.2, 0.25) is 5.91 Å². The number of nitrogens with one attached hydrogen (secondary N) is 1. The minimum atomic E-state index is 0.310. The molecule has 2 saturated heterocycles. The fraction of sp³-hybridized carbons (Fsp3) is 0.667. The zero-order valence-electron chi connectivity index (χ0n) is 12.8. The fourth-order valence-corrected chi connectivity index (χ4v) is 3.15. The molecule has 1 N–H and O–H groups in total. The number of nitrogens with zero attached hydrogens (tertiary/aromatic N) is 4. The molecule has 114 valence electrons. The summed E-state index contributed by atoms with van der Waals surface area (Å²) in [4.78, 5) is 25.3. The standard InChI is InChI=1S/C15H23N5O/c1-3-12-17-13(16-4-2)9-14(18-12)19-7-8-20-11(10-19)5-6-15(20)21/h9,11H,3-8,10H2,1-2H3,(H,16,17,18). The van der Waals surface area contributed by atoms with Crippen LogP contribution in [0.3, 0.4) is 0 Å². The van der Waals surface area contributed by atoms with E-state index < -0.39 is 0 Å². The molecule has 0 bridgehead atoms. The van der Waals surface area contributed by atoms with E-state index in [1.54, 1.807) is 0 Å². The normalized spacial score (nSPS) is 21.6. The van der Waals surface area contributed by atoms with E-state index in [1.165, 1.54) is 0 Å². The van der Waals surface area contributed by atoms with E-state index in [4.69, 9.17) is 0 Å². The molecule has 0 aliphatic carbocycles. The first-order chi connectivity index (χ1) is 10.2. The van der Waals surface area contributed by atoms with E-state index in [-0.39, 0.29) is 0 Å². The van der Waals surface area contributed by atoms with Crippen molar-refractivity contribution >= 4 is 17.5 Å². The lowest BCUT2D eigenvalue weighted by Gasteiger charge is -2.38. The molecule has 2 fully saturated rings. The summed E-state index contributed by atoms with van der Waals surface area (Å²) in [5.41, 5.74) is 0. The summed E-state index contributed by atoms with van der Waals surface area (Å²) in [6, 6.07) is 2.38. The molecule has 1 aromatic heterocycles. The van der Waals surface area contributed by atoms with Gasteiger partial charge in [0, 0.05) is 51.1 Å². The Kier molecular flexibility index (Phi) is 3.94. The van der Waals surface area contributed by atoms with Gasteiger partial charge < -0.3 is 15.1 Å². The fourth-order valence-electron chi connectivity index (χ4n) is 3.15. The summed E-state index contributed by atoms with van der Waals surface area (Å²) >= 11 is 0. The van der Waals surface area contributed by atoms with Gasteiger partial charge in [0.05, 0.1) is 0 Å². The highest BCUT2D eigenvalue weighted by atomic mass is 16.2. The Bertz CT molecular complexity index is 533. The molecule has 3 rings (SSSR count). The van der Waals surface area contributed by atoms with E-state index in [0.717, 1.165) is 56.5 Å². The van der Waals surface area contributed by atoms with Crippen molar-refractivity contribution in [2.45, 2.75) is 39.2 Å². The largest absolute Gasteiger partial charge is 0.370 e. The molecular formula is C15H23N5O. The van der Waals surface area contributed by atoms with Crippen LogP contribution in [0.15, 0.2) is 6.07 Å². The van der Waals surface area contributed by atoms with E-state index in [1.807, 2.05) is 11.0 Å². The Morgan fingerprint density at radius 1 is 1.33 bits per heavy atom. The molecule has 1 atom stereocenters. The van der Waals surface area contributed by atoms with Crippen LogP contribution in [0.2, 0.25) is 0 Å². The van der Waals surface area contributed by atoms with Crippen LogP contribution in [-0.4, -0.2) is 53.0 Å². The van der Waals surface area contributed by atoms with Crippen molar-refractivity contribution in [3.05, 3.63) is 11.9 Å². The topological polar surface area (TPSA) is 61.4 Å². The van der Waals surface area contributed by atoms with Crippen LogP contribution in [0, 0.1) is 0 Å². The number of carbonyl (C=O) groups is 1. The lowest BCUT2D eigenvalue weighted by atomic mass is 10.1. The van der Waals surface area contributed by atoms with Gasteiger partial charge in [-0.05, 0) is 13.3 Å². The average molecular weight is 289 g/mol. The first-order valence-corrected chi connectivity index (χ1v) is 7.87. The molecule has 6 heteroatoms. The van der Waals surface area contributed by atoms with Gasteiger partial charge >= 0.3 is 0 Å². The second kappa shape index (κ2) is 5.87. The molecule has 1 unspecified atom stereocenters. The van der Waals surface area contributed by atoms with Crippen molar-refractivity contribution in [3.63, 3.8) is 0 Å². The number of hydrogen-bond donors (Lipinski definition) is 1. The number of hydrogen-bond acceptors (Lipinski definition) is 5. The van der Waals surface area contributed by atoms with E-state index >= 15 is 0 Å². The first-order valence-electron chi connectivity index (χ1n) is 7.87. The molecule has 21 heavy (non-hydrogen) atoms. The van der Waals surface area contributed by atoms with Gasteiger partial charge in [-0.25, -0.2) is 9.97 Å². The van der Waals surface area contributed by atoms with Crippen molar-refractivity contribution in [1.29, 1.82) is 0 Å². The highest BCUT2D eigenvalue weighted by Gasteiger charge is 2.35. The smallest absolute Gasteiger partial charge is 0.223 e. The lowest BCUT2D eigenvalue weighted by molar-refractivity contribution is -0.129. The SMILES string of the molecule is CCNc1cc(N2CCN3C(=O)CCC3C2)nc(CC)n1. The molecule has 2 aliphatic heterocycles. The third-order valence-electron chi connectivity index (χ3n) is 4.25. The van der Waals surface area contributed by atoms with E-state index in [0.29, 0.717) is 18.4 Å². The number of fused-ring (bicyclic) bond motifs is 1. The second-order valence-corrected chi connectivity index (χ2v) is 5.64. The summed E-state index contributed by atoms with van der Waals surface area (Å²) in [6.45, 7) is 7.54. The number of amides is 1. The Morgan fingerprint density at radius 3 is 2.95 bits per heavy atom. The third-order valence-corrected chi connectivity index (χ3v) is 4.25. The van der Waals surface area contributed by atoms with Crippen molar-refractivity contribution < 1.29 is 4.79 Å². The maximum absolute atomic E-state index is 11.8. The predicted molar refractivity (Wildman–Crippen MR) is 82.5 cm³/mol. The van der Waals surface area contributed by atoms with Crippen molar-refractivity contribution in [2.75, 3.05) is 36.4 Å². The van der Waals surface area contributed by atoms with Crippen LogP contribution in [0.1, 0.15) is 32.5 Å². The second-order valence-electron chi connectivity index (χ2n) is 5.64. The van der Waals surface area contributed by atoms with Gasteiger partial charge in [-0.2, -0.15) is 0 Å². The molecule has 1 amide bonds. The molecule has 6 nitrogen and oxygen atoms in total. The number of carbonyl (C=O) groups excluding carboxylic acids is 1. The predicted octanol–water partition coefficient (Wildman–Crippen LogP) is 1.28. The molecule has 0 radical (unpaired) electrons. The van der Waals surface area contributed by atoms with Crippen LogP contribution in [-0.2, 0) is 11.2 Å². The van der Waals surface area contributed by atoms with Gasteiger partial charge in [0.25, 0.3) is 0 Å². The minimum Gasteiger partial charge on any atom is -0.370 e. The van der Waals surface area contributed by atoms with Crippen LogP contribution < -0.4 is 10.2 Å². The van der Waals surface area contributed by atoms with Crippen LogP contribution in [0.5, 0.6) is 0 Å². The molecule has 3 heterocycles. The molecular weight excluding hydrogens is 266 g/mol. The Balaban J connectivity index is 1.80. The number of piperazine rings is 1. The van der Waals surface area contributed by atoms with Crippen molar-refractivity contribution in [1.82, 2.24) is 14.9 Å². The van der Waals surface area contributed by atoms with Crippen molar-refractivity contribution in [3.8, 4) is 0 Å². The van der Waals surface area contributed by atoms with Gasteiger partial charge in [-0.3, -0.25) is 4.79 Å². The van der Waals surface area contributed by atoms with Crippen LogP contribution >= 0.6 is 0 Å². The van der Waals surface area contributed by atoms with E-state index in [9.17, 15) is 4.79 Å². The molecule has 0 saturated carbocycles. The van der Waals surface area contributed by atoms with Gasteiger partial charge in [-0.1, -0.05) is 6.92 Å². The Morgan fingerprint density at radius 2 is 2.19 bits per heavy atom. The number of anilines is 2. The van der Waals surface area contributed by atoms with Crippen LogP contribution in [0.25, 0.3) is 0 Å². The lowest BCUT2D eigenvalue weighted by Crippen LogP contribution is -2.51. The maximum atomic E-state index is 11.8. The first kappa shape index (κ1) is 14.1.